The molecule has 3 aromatic rings. The van der Waals surface area contributed by atoms with Crippen molar-refractivity contribution in [3.8, 4) is 23.1 Å². The number of hydrogen-bond acceptors (Lipinski definition) is 11. The lowest BCUT2D eigenvalue weighted by molar-refractivity contribution is -0.137. The largest absolute Gasteiger partial charge is 0.474 e. The summed E-state index contributed by atoms with van der Waals surface area (Å²) >= 11 is 0. The predicted molar refractivity (Wildman–Crippen MR) is 167 cm³/mol. The average Bonchev–Trinajstić information content (AvgIpc) is 3.77. The lowest BCUT2D eigenvalue weighted by Gasteiger charge is -2.26. The first-order chi connectivity index (χ1) is 21.9. The maximum atomic E-state index is 16.6. The first kappa shape index (κ1) is 33.8. The van der Waals surface area contributed by atoms with Gasteiger partial charge < -0.3 is 35.5 Å². The van der Waals surface area contributed by atoms with Crippen LogP contribution in [0.1, 0.15) is 51.3 Å². The summed E-state index contributed by atoms with van der Waals surface area (Å²) in [7, 11) is 0. The number of anilines is 2. The molecule has 11 nitrogen and oxygen atoms in total. The number of nitrogens with one attached hydrogen (secondary N) is 2. The number of halogens is 4. The van der Waals surface area contributed by atoms with E-state index >= 15 is 4.39 Å². The van der Waals surface area contributed by atoms with Crippen LogP contribution in [0.2, 0.25) is 0 Å². The molecule has 0 aromatic carbocycles. The Balaban J connectivity index is 1.59. The van der Waals surface area contributed by atoms with E-state index in [0.29, 0.717) is 45.9 Å². The first-order valence-corrected chi connectivity index (χ1v) is 15.7. The second kappa shape index (κ2) is 14.1. The van der Waals surface area contributed by atoms with Gasteiger partial charge in [0.1, 0.15) is 28.2 Å². The Labute approximate surface area is 265 Å². The highest BCUT2D eigenvalue weighted by molar-refractivity contribution is 5.96. The molecular formula is C31H42F4N8O3. The Morgan fingerprint density at radius 2 is 1.91 bits per heavy atom. The zero-order valence-electron chi connectivity index (χ0n) is 26.7. The third-order valence-electron chi connectivity index (χ3n) is 8.35. The number of nitrogens with two attached hydrogens (primary N) is 1. The van der Waals surface area contributed by atoms with Gasteiger partial charge in [-0.05, 0) is 59.2 Å². The quantitative estimate of drug-likeness (QED) is 0.195. The SMILES string of the molecule is CCOCCN(CC)CC1(COc2nc3c4c(nc(-c5cc(N)nc(C)c5C(F)(F)F)c(F)c4n2)OC(C)CCNCCN3)CC1. The van der Waals surface area contributed by atoms with Crippen molar-refractivity contribution >= 4 is 22.5 Å². The van der Waals surface area contributed by atoms with Crippen LogP contribution in [0.3, 0.4) is 0 Å². The zero-order valence-corrected chi connectivity index (χ0v) is 26.7. The van der Waals surface area contributed by atoms with Crippen molar-refractivity contribution in [3.05, 3.63) is 23.1 Å². The fraction of sp³-hybridized carbons (Fsp3) is 0.613. The highest BCUT2D eigenvalue weighted by Gasteiger charge is 2.45. The Bertz CT molecular complexity index is 1540. The van der Waals surface area contributed by atoms with E-state index in [4.69, 9.17) is 19.9 Å². The van der Waals surface area contributed by atoms with Crippen molar-refractivity contribution in [2.24, 2.45) is 5.41 Å². The van der Waals surface area contributed by atoms with Crippen molar-refractivity contribution in [2.45, 2.75) is 59.2 Å². The first-order valence-electron chi connectivity index (χ1n) is 15.7. The summed E-state index contributed by atoms with van der Waals surface area (Å²) in [4.78, 5) is 19.4. The van der Waals surface area contributed by atoms with Crippen LogP contribution in [0.25, 0.3) is 22.2 Å². The topological polar surface area (TPSA) is 133 Å². The molecule has 3 aromatic heterocycles. The molecule has 0 radical (unpaired) electrons. The molecule has 4 N–H and O–H groups in total. The van der Waals surface area contributed by atoms with Gasteiger partial charge in [0.25, 0.3) is 0 Å². The van der Waals surface area contributed by atoms with Gasteiger partial charge in [-0.15, -0.1) is 0 Å². The molecule has 1 unspecified atom stereocenters. The molecule has 4 heterocycles. The van der Waals surface area contributed by atoms with Gasteiger partial charge in [-0.1, -0.05) is 6.92 Å². The summed E-state index contributed by atoms with van der Waals surface area (Å²) in [6, 6.07) is 0.871. The number of nitrogens with zero attached hydrogens (tertiary/aromatic N) is 5. The van der Waals surface area contributed by atoms with Gasteiger partial charge in [0.05, 0.1) is 30.6 Å². The normalized spacial score (nSPS) is 18.2. The maximum absolute atomic E-state index is 16.6. The van der Waals surface area contributed by atoms with Crippen LogP contribution in [0.5, 0.6) is 11.9 Å². The predicted octanol–water partition coefficient (Wildman–Crippen LogP) is 4.83. The molecule has 0 spiro atoms. The van der Waals surface area contributed by atoms with Crippen molar-refractivity contribution in [1.82, 2.24) is 30.2 Å². The Morgan fingerprint density at radius 1 is 1.13 bits per heavy atom. The van der Waals surface area contributed by atoms with Crippen LogP contribution < -0.4 is 25.8 Å². The third kappa shape index (κ3) is 7.69. The van der Waals surface area contributed by atoms with Gasteiger partial charge in [-0.2, -0.15) is 23.1 Å². The maximum Gasteiger partial charge on any atom is 0.418 e. The number of aromatic nitrogens is 4. The lowest BCUT2D eigenvalue weighted by Crippen LogP contribution is -2.35. The summed E-state index contributed by atoms with van der Waals surface area (Å²) in [6.45, 7) is 12.7. The number of nitrogen functional groups attached to an aromatic ring is 1. The molecule has 2 aliphatic rings. The molecule has 0 amide bonds. The van der Waals surface area contributed by atoms with Gasteiger partial charge in [-0.25, -0.2) is 14.4 Å². The second-order valence-corrected chi connectivity index (χ2v) is 12.0. The van der Waals surface area contributed by atoms with Crippen LogP contribution in [0, 0.1) is 18.2 Å². The Morgan fingerprint density at radius 3 is 2.61 bits per heavy atom. The minimum atomic E-state index is -4.86. The number of rotatable bonds is 11. The summed E-state index contributed by atoms with van der Waals surface area (Å²) in [6.07, 6.45) is -2.80. The van der Waals surface area contributed by atoms with Crippen LogP contribution in [-0.2, 0) is 10.9 Å². The molecule has 15 heteroatoms. The smallest absolute Gasteiger partial charge is 0.418 e. The van der Waals surface area contributed by atoms with Crippen molar-refractivity contribution in [3.63, 3.8) is 0 Å². The molecule has 46 heavy (non-hydrogen) atoms. The molecule has 1 aliphatic heterocycles. The van der Waals surface area contributed by atoms with Crippen LogP contribution in [0.4, 0.5) is 29.2 Å². The zero-order chi connectivity index (χ0) is 33.1. The van der Waals surface area contributed by atoms with Crippen molar-refractivity contribution in [1.29, 1.82) is 0 Å². The van der Waals surface area contributed by atoms with E-state index in [1.807, 2.05) is 6.92 Å². The summed E-state index contributed by atoms with van der Waals surface area (Å²) < 4.78 is 77.3. The molecule has 1 fully saturated rings. The Hall–Kier alpha value is -3.56. The number of ether oxygens (including phenoxy) is 3. The highest BCUT2D eigenvalue weighted by Crippen LogP contribution is 2.47. The minimum absolute atomic E-state index is 0.0949. The average molecular weight is 651 g/mol. The Kier molecular flexibility index (Phi) is 10.3. The summed E-state index contributed by atoms with van der Waals surface area (Å²) in [5.74, 6) is -1.17. The van der Waals surface area contributed by atoms with Crippen LogP contribution in [-0.4, -0.2) is 90.0 Å². The van der Waals surface area contributed by atoms with E-state index in [-0.39, 0.29) is 39.8 Å². The van der Waals surface area contributed by atoms with Crippen molar-refractivity contribution in [2.75, 3.05) is 70.1 Å². The van der Waals surface area contributed by atoms with Gasteiger partial charge >= 0.3 is 12.2 Å². The van der Waals surface area contributed by atoms with Gasteiger partial charge in [0.15, 0.2) is 5.82 Å². The van der Waals surface area contributed by atoms with E-state index in [1.54, 1.807) is 6.92 Å². The van der Waals surface area contributed by atoms with E-state index in [1.165, 1.54) is 6.92 Å². The van der Waals surface area contributed by atoms with Gasteiger partial charge in [0, 0.05) is 43.8 Å². The molecule has 0 saturated heterocycles. The molecule has 252 valence electrons. The number of alkyl halides is 3. The van der Waals surface area contributed by atoms with E-state index < -0.39 is 40.6 Å². The number of pyridine rings is 2. The monoisotopic (exact) mass is 650 g/mol. The van der Waals surface area contributed by atoms with Crippen molar-refractivity contribution < 1.29 is 31.8 Å². The lowest BCUT2D eigenvalue weighted by atomic mass is 10.0. The van der Waals surface area contributed by atoms with E-state index in [2.05, 4.69) is 42.4 Å². The molecule has 1 atom stereocenters. The second-order valence-electron chi connectivity index (χ2n) is 12.0. The summed E-state index contributed by atoms with van der Waals surface area (Å²) in [5, 5.41) is 6.60. The molecule has 5 rings (SSSR count). The van der Waals surface area contributed by atoms with Gasteiger partial charge in [0.2, 0.25) is 5.88 Å². The van der Waals surface area contributed by atoms with Crippen LogP contribution >= 0.6 is 0 Å². The van der Waals surface area contributed by atoms with E-state index in [9.17, 15) is 13.2 Å². The fourth-order valence-corrected chi connectivity index (χ4v) is 5.67. The fourth-order valence-electron chi connectivity index (χ4n) is 5.67. The summed E-state index contributed by atoms with van der Waals surface area (Å²) in [5.41, 5.74) is 2.77. The minimum Gasteiger partial charge on any atom is -0.474 e. The standard InChI is InChI=1S/C31H42F4N8O3/c1-5-43(13-14-44-6-2)16-30(8-9-30)17-45-29-41-26-22-27(42-29)38-12-11-37-10-7-18(3)46-28(22)40-25(24(26)32)20-15-21(36)39-19(4)23(20)31(33,34)35/h15,18,37H,5-14,16-17H2,1-4H3,(H2,36,39)(H,38,41,42). The number of likely N-dealkylation sites (N-methyl/N-ethyl adjacent to an activating group) is 1. The molecule has 1 saturated carbocycles. The third-order valence-corrected chi connectivity index (χ3v) is 8.35. The van der Waals surface area contributed by atoms with Crippen LogP contribution in [0.15, 0.2) is 6.07 Å². The number of hydrogen-bond donors (Lipinski definition) is 3. The molecule has 1 aliphatic carbocycles. The molecule has 0 bridgehead atoms. The van der Waals surface area contributed by atoms with E-state index in [0.717, 1.165) is 38.5 Å². The highest BCUT2D eigenvalue weighted by atomic mass is 19.4. The number of aryl methyl sites for hydroxylation is 1. The van der Waals surface area contributed by atoms with Gasteiger partial charge in [-0.3, -0.25) is 0 Å². The molecular weight excluding hydrogens is 608 g/mol.